The third kappa shape index (κ3) is 3.15. The van der Waals surface area contributed by atoms with Crippen molar-refractivity contribution in [1.82, 2.24) is 4.98 Å². The summed E-state index contributed by atoms with van der Waals surface area (Å²) in [6, 6.07) is 22.5. The molecule has 4 nitrogen and oxygen atoms in total. The first kappa shape index (κ1) is 15.1. The molecule has 3 aromatic carbocycles. The van der Waals surface area contributed by atoms with Crippen LogP contribution >= 0.6 is 0 Å². The third-order valence-electron chi connectivity index (χ3n) is 3.97. The number of hydrogen-bond acceptors (Lipinski definition) is 3. The van der Waals surface area contributed by atoms with Gasteiger partial charge in [0.1, 0.15) is 5.52 Å². The summed E-state index contributed by atoms with van der Waals surface area (Å²) in [5, 5.41) is 2.88. The van der Waals surface area contributed by atoms with Crippen molar-refractivity contribution in [3.63, 3.8) is 0 Å². The number of benzene rings is 3. The first-order valence-corrected chi connectivity index (χ1v) is 8.03. The van der Waals surface area contributed by atoms with E-state index in [0.717, 1.165) is 27.9 Å². The summed E-state index contributed by atoms with van der Waals surface area (Å²) in [6.07, 6.45) is 0. The lowest BCUT2D eigenvalue weighted by molar-refractivity contribution is 0.102. The third-order valence-corrected chi connectivity index (χ3v) is 3.97. The van der Waals surface area contributed by atoms with Gasteiger partial charge in [0.25, 0.3) is 5.91 Å². The van der Waals surface area contributed by atoms with Gasteiger partial charge in [-0.3, -0.25) is 4.79 Å². The molecule has 0 aliphatic carbocycles. The zero-order chi connectivity index (χ0) is 17.2. The van der Waals surface area contributed by atoms with Gasteiger partial charge >= 0.3 is 0 Å². The molecule has 0 unspecified atom stereocenters. The zero-order valence-corrected chi connectivity index (χ0v) is 13.7. The fourth-order valence-electron chi connectivity index (χ4n) is 2.65. The summed E-state index contributed by atoms with van der Waals surface area (Å²) < 4.78 is 5.80. The summed E-state index contributed by atoms with van der Waals surface area (Å²) in [7, 11) is 0. The van der Waals surface area contributed by atoms with Gasteiger partial charge < -0.3 is 9.73 Å². The lowest BCUT2D eigenvalue weighted by Crippen LogP contribution is -2.11. The van der Waals surface area contributed by atoms with E-state index in [-0.39, 0.29) is 5.91 Å². The molecular formula is C21H16N2O2. The molecule has 0 aliphatic rings. The number of oxazole rings is 1. The standard InChI is InChI=1S/C21H16N2O2/c1-14-7-12-19-18(13-14)23-21(25-19)16-8-10-17(11-9-16)22-20(24)15-5-3-2-4-6-15/h2-13H,1H3,(H,22,24). The first-order chi connectivity index (χ1) is 12.2. The number of nitrogens with one attached hydrogen (secondary N) is 1. The molecule has 0 spiro atoms. The van der Waals surface area contributed by atoms with Gasteiger partial charge in [-0.25, -0.2) is 4.98 Å². The van der Waals surface area contributed by atoms with Crippen molar-refractivity contribution in [2.45, 2.75) is 6.92 Å². The molecule has 0 radical (unpaired) electrons. The minimum atomic E-state index is -0.134. The van der Waals surface area contributed by atoms with E-state index in [1.54, 1.807) is 12.1 Å². The monoisotopic (exact) mass is 328 g/mol. The molecule has 25 heavy (non-hydrogen) atoms. The minimum absolute atomic E-state index is 0.134. The zero-order valence-electron chi connectivity index (χ0n) is 13.7. The van der Waals surface area contributed by atoms with Crippen molar-refractivity contribution >= 4 is 22.7 Å². The Hall–Kier alpha value is -3.40. The summed E-state index contributed by atoms with van der Waals surface area (Å²) in [5.41, 5.74) is 4.97. The van der Waals surface area contributed by atoms with Crippen LogP contribution in [0.5, 0.6) is 0 Å². The van der Waals surface area contributed by atoms with Gasteiger partial charge in [-0.15, -0.1) is 0 Å². The maximum absolute atomic E-state index is 12.2. The largest absolute Gasteiger partial charge is 0.436 e. The fraction of sp³-hybridized carbons (Fsp3) is 0.0476. The molecule has 1 amide bonds. The molecule has 0 aliphatic heterocycles. The summed E-state index contributed by atoms with van der Waals surface area (Å²) in [4.78, 5) is 16.7. The van der Waals surface area contributed by atoms with E-state index in [1.165, 1.54) is 0 Å². The highest BCUT2D eigenvalue weighted by Gasteiger charge is 2.09. The van der Waals surface area contributed by atoms with Crippen molar-refractivity contribution in [3.05, 3.63) is 83.9 Å². The molecule has 0 saturated carbocycles. The molecule has 0 saturated heterocycles. The molecule has 122 valence electrons. The molecule has 1 N–H and O–H groups in total. The van der Waals surface area contributed by atoms with E-state index >= 15 is 0 Å². The van der Waals surface area contributed by atoms with Crippen LogP contribution in [-0.2, 0) is 0 Å². The van der Waals surface area contributed by atoms with E-state index in [2.05, 4.69) is 10.3 Å². The molecule has 1 aromatic heterocycles. The highest BCUT2D eigenvalue weighted by Crippen LogP contribution is 2.26. The van der Waals surface area contributed by atoms with Crippen LogP contribution in [0.4, 0.5) is 5.69 Å². The smallest absolute Gasteiger partial charge is 0.255 e. The average Bonchev–Trinajstić information content (AvgIpc) is 3.06. The summed E-state index contributed by atoms with van der Waals surface area (Å²) in [6.45, 7) is 2.03. The number of carbonyl (C=O) groups is 1. The summed E-state index contributed by atoms with van der Waals surface area (Å²) >= 11 is 0. The molecule has 4 rings (SSSR count). The number of anilines is 1. The quantitative estimate of drug-likeness (QED) is 0.572. The number of rotatable bonds is 3. The Morgan fingerprint density at radius 3 is 2.48 bits per heavy atom. The Morgan fingerprint density at radius 2 is 1.72 bits per heavy atom. The first-order valence-electron chi connectivity index (χ1n) is 8.03. The predicted molar refractivity (Wildman–Crippen MR) is 98.6 cm³/mol. The lowest BCUT2D eigenvalue weighted by Gasteiger charge is -2.05. The van der Waals surface area contributed by atoms with E-state index in [4.69, 9.17) is 4.42 Å². The van der Waals surface area contributed by atoms with Gasteiger partial charge in [0.05, 0.1) is 0 Å². The van der Waals surface area contributed by atoms with E-state index in [1.807, 2.05) is 67.6 Å². The Kier molecular flexibility index (Phi) is 3.78. The van der Waals surface area contributed by atoms with Crippen molar-refractivity contribution in [3.8, 4) is 11.5 Å². The van der Waals surface area contributed by atoms with Crippen molar-refractivity contribution < 1.29 is 9.21 Å². The topological polar surface area (TPSA) is 55.1 Å². The molecule has 1 heterocycles. The predicted octanol–water partition coefficient (Wildman–Crippen LogP) is 5.06. The van der Waals surface area contributed by atoms with Crippen LogP contribution in [-0.4, -0.2) is 10.9 Å². The number of hydrogen-bond donors (Lipinski definition) is 1. The maximum atomic E-state index is 12.2. The van der Waals surface area contributed by atoms with Gasteiger partial charge in [0.2, 0.25) is 5.89 Å². The lowest BCUT2D eigenvalue weighted by atomic mass is 10.2. The highest BCUT2D eigenvalue weighted by molar-refractivity contribution is 6.04. The van der Waals surface area contributed by atoms with Crippen LogP contribution in [0.25, 0.3) is 22.6 Å². The second-order valence-electron chi connectivity index (χ2n) is 5.89. The highest BCUT2D eigenvalue weighted by atomic mass is 16.3. The molecule has 4 heteroatoms. The molecule has 4 aromatic rings. The van der Waals surface area contributed by atoms with Crippen LogP contribution in [0.15, 0.2) is 77.2 Å². The Morgan fingerprint density at radius 1 is 0.960 bits per heavy atom. The van der Waals surface area contributed by atoms with Crippen LogP contribution < -0.4 is 5.32 Å². The number of fused-ring (bicyclic) bond motifs is 1. The molecule has 0 bridgehead atoms. The fourth-order valence-corrected chi connectivity index (χ4v) is 2.65. The van der Waals surface area contributed by atoms with Crippen LogP contribution in [0, 0.1) is 6.92 Å². The van der Waals surface area contributed by atoms with Gasteiger partial charge in [-0.2, -0.15) is 0 Å². The number of amides is 1. The minimum Gasteiger partial charge on any atom is -0.436 e. The number of carbonyl (C=O) groups excluding carboxylic acids is 1. The molecule has 0 atom stereocenters. The SMILES string of the molecule is Cc1ccc2oc(-c3ccc(NC(=O)c4ccccc4)cc3)nc2c1. The van der Waals surface area contributed by atoms with Crippen molar-refractivity contribution in [1.29, 1.82) is 0 Å². The van der Waals surface area contributed by atoms with Crippen molar-refractivity contribution in [2.75, 3.05) is 5.32 Å². The maximum Gasteiger partial charge on any atom is 0.255 e. The van der Waals surface area contributed by atoms with E-state index < -0.39 is 0 Å². The van der Waals surface area contributed by atoms with Gasteiger partial charge in [-0.1, -0.05) is 24.3 Å². The molecule has 0 fully saturated rings. The average molecular weight is 328 g/mol. The van der Waals surface area contributed by atoms with E-state index in [9.17, 15) is 4.79 Å². The Labute approximate surface area is 145 Å². The van der Waals surface area contributed by atoms with Crippen LogP contribution in [0.2, 0.25) is 0 Å². The van der Waals surface area contributed by atoms with Crippen LogP contribution in [0.3, 0.4) is 0 Å². The Balaban J connectivity index is 1.56. The number of aryl methyl sites for hydroxylation is 1. The molecular weight excluding hydrogens is 312 g/mol. The second kappa shape index (κ2) is 6.24. The van der Waals surface area contributed by atoms with Gasteiger partial charge in [0.15, 0.2) is 5.58 Å². The summed E-state index contributed by atoms with van der Waals surface area (Å²) in [5.74, 6) is 0.437. The Bertz CT molecular complexity index is 1030. The van der Waals surface area contributed by atoms with Crippen molar-refractivity contribution in [2.24, 2.45) is 0 Å². The van der Waals surface area contributed by atoms with Gasteiger partial charge in [-0.05, 0) is 61.0 Å². The van der Waals surface area contributed by atoms with Gasteiger partial charge in [0, 0.05) is 16.8 Å². The number of aromatic nitrogens is 1. The second-order valence-corrected chi connectivity index (χ2v) is 5.89. The van der Waals surface area contributed by atoms with E-state index in [0.29, 0.717) is 11.5 Å². The van der Waals surface area contributed by atoms with Crippen LogP contribution in [0.1, 0.15) is 15.9 Å². The number of nitrogens with zero attached hydrogens (tertiary/aromatic N) is 1. The normalized spacial score (nSPS) is 10.8.